The minimum atomic E-state index is -3.65. The smallest absolute Gasteiger partial charge is 0.217 e. The largest absolute Gasteiger partial charge is 0.369 e. The average molecular weight is 417 g/mol. The van der Waals surface area contributed by atoms with Gasteiger partial charge in [0, 0.05) is 19.5 Å². The second-order valence-electron chi connectivity index (χ2n) is 7.71. The molecule has 1 N–H and O–H groups in total. The molecule has 0 bridgehead atoms. The molecule has 0 amide bonds. The monoisotopic (exact) mass is 416 g/mol. The summed E-state index contributed by atoms with van der Waals surface area (Å²) in [5.41, 5.74) is 2.13. The number of piperidine rings is 1. The van der Waals surface area contributed by atoms with Gasteiger partial charge in [-0.2, -0.15) is 0 Å². The van der Waals surface area contributed by atoms with E-state index in [1.54, 1.807) is 0 Å². The molecular formula is C22H28N2O4S. The molecule has 156 valence electrons. The molecule has 0 saturated carbocycles. The molecule has 2 atom stereocenters. The van der Waals surface area contributed by atoms with Gasteiger partial charge in [-0.3, -0.25) is 0 Å². The van der Waals surface area contributed by atoms with E-state index in [2.05, 4.69) is 17.3 Å². The Labute approximate surface area is 172 Å². The molecule has 0 spiro atoms. The van der Waals surface area contributed by atoms with E-state index in [4.69, 9.17) is 0 Å². The van der Waals surface area contributed by atoms with Gasteiger partial charge < -0.3 is 5.11 Å². The SMILES string of the molecule is O=NC(O)CC(Cc1ccccc1)S(=O)(=O)N1CCC(Cc2ccccc2)CC1. The summed E-state index contributed by atoms with van der Waals surface area (Å²) in [6.45, 7) is 0.936. The highest BCUT2D eigenvalue weighted by Gasteiger charge is 2.36. The second kappa shape index (κ2) is 10.1. The zero-order chi connectivity index (χ0) is 20.7. The van der Waals surface area contributed by atoms with Crippen LogP contribution in [-0.2, 0) is 22.9 Å². The molecule has 7 heteroatoms. The predicted molar refractivity (Wildman–Crippen MR) is 114 cm³/mol. The van der Waals surface area contributed by atoms with Crippen molar-refractivity contribution in [3.05, 3.63) is 76.7 Å². The van der Waals surface area contributed by atoms with Crippen LogP contribution in [0.2, 0.25) is 0 Å². The van der Waals surface area contributed by atoms with Crippen LogP contribution in [0, 0.1) is 10.8 Å². The normalized spacial score (nSPS) is 18.2. The highest BCUT2D eigenvalue weighted by molar-refractivity contribution is 7.89. The minimum Gasteiger partial charge on any atom is -0.369 e. The molecule has 1 fully saturated rings. The lowest BCUT2D eigenvalue weighted by Crippen LogP contribution is -2.45. The lowest BCUT2D eigenvalue weighted by molar-refractivity contribution is 0.169. The molecule has 1 aliphatic rings. The molecule has 29 heavy (non-hydrogen) atoms. The summed E-state index contributed by atoms with van der Waals surface area (Å²) in [5, 5.41) is 11.5. The van der Waals surface area contributed by atoms with Crippen LogP contribution in [0.5, 0.6) is 0 Å². The number of hydrogen-bond donors (Lipinski definition) is 1. The molecule has 3 rings (SSSR count). The Bertz CT molecular complexity index is 866. The number of hydrogen-bond acceptors (Lipinski definition) is 5. The van der Waals surface area contributed by atoms with Crippen molar-refractivity contribution in [1.82, 2.24) is 4.31 Å². The molecule has 0 aliphatic carbocycles. The lowest BCUT2D eigenvalue weighted by Gasteiger charge is -2.34. The van der Waals surface area contributed by atoms with E-state index in [1.807, 2.05) is 48.5 Å². The van der Waals surface area contributed by atoms with E-state index >= 15 is 0 Å². The fraction of sp³-hybridized carbons (Fsp3) is 0.455. The number of nitrogens with zero attached hydrogens (tertiary/aromatic N) is 2. The molecule has 0 radical (unpaired) electrons. The second-order valence-corrected chi connectivity index (χ2v) is 9.92. The fourth-order valence-corrected chi connectivity index (χ4v) is 5.95. The topological polar surface area (TPSA) is 87.0 Å². The van der Waals surface area contributed by atoms with E-state index in [-0.39, 0.29) is 12.8 Å². The van der Waals surface area contributed by atoms with E-state index in [1.165, 1.54) is 9.87 Å². The van der Waals surface area contributed by atoms with Crippen LogP contribution in [0.25, 0.3) is 0 Å². The van der Waals surface area contributed by atoms with Crippen molar-refractivity contribution in [2.75, 3.05) is 13.1 Å². The quantitative estimate of drug-likeness (QED) is 0.635. The van der Waals surface area contributed by atoms with E-state index in [9.17, 15) is 18.4 Å². The van der Waals surface area contributed by atoms with Crippen molar-refractivity contribution in [3.63, 3.8) is 0 Å². The molecule has 1 heterocycles. The first-order chi connectivity index (χ1) is 14.0. The maximum atomic E-state index is 13.3. The van der Waals surface area contributed by atoms with Crippen molar-refractivity contribution in [2.45, 2.75) is 43.6 Å². The van der Waals surface area contributed by atoms with Gasteiger partial charge in [-0.1, -0.05) is 60.7 Å². The number of benzene rings is 2. The standard InChI is InChI=1S/C22H28N2O4S/c25-22(23-26)17-21(16-19-9-5-2-6-10-19)29(27,28)24-13-11-20(12-14-24)15-18-7-3-1-4-8-18/h1-10,20-22,25H,11-17H2. The minimum absolute atomic E-state index is 0.190. The van der Waals surface area contributed by atoms with Crippen molar-refractivity contribution >= 4 is 10.0 Å². The zero-order valence-electron chi connectivity index (χ0n) is 16.4. The molecule has 2 unspecified atom stereocenters. The summed E-state index contributed by atoms with van der Waals surface area (Å²) in [4.78, 5) is 10.7. The summed E-state index contributed by atoms with van der Waals surface area (Å²) in [6, 6.07) is 19.5. The molecule has 2 aromatic rings. The highest BCUT2D eigenvalue weighted by Crippen LogP contribution is 2.27. The number of aliphatic hydroxyl groups is 1. The number of sulfonamides is 1. The fourth-order valence-electron chi connectivity index (χ4n) is 3.99. The third kappa shape index (κ3) is 5.95. The number of aliphatic hydroxyl groups excluding tert-OH is 1. The first-order valence-electron chi connectivity index (χ1n) is 10.1. The highest BCUT2D eigenvalue weighted by atomic mass is 32.2. The summed E-state index contributed by atoms with van der Waals surface area (Å²) >= 11 is 0. The Balaban J connectivity index is 1.66. The van der Waals surface area contributed by atoms with Gasteiger partial charge in [-0.05, 0) is 47.9 Å². The number of nitroso groups, excluding NO2 is 1. The molecule has 2 aromatic carbocycles. The van der Waals surface area contributed by atoms with E-state index < -0.39 is 21.5 Å². The predicted octanol–water partition coefficient (Wildman–Crippen LogP) is 3.36. The summed E-state index contributed by atoms with van der Waals surface area (Å²) in [5.74, 6) is 0.457. The van der Waals surface area contributed by atoms with Gasteiger partial charge in [0.1, 0.15) is 0 Å². The van der Waals surface area contributed by atoms with Crippen LogP contribution >= 0.6 is 0 Å². The van der Waals surface area contributed by atoms with Crippen molar-refractivity contribution in [3.8, 4) is 0 Å². The lowest BCUT2D eigenvalue weighted by atomic mass is 9.91. The van der Waals surface area contributed by atoms with Gasteiger partial charge in [-0.15, -0.1) is 4.91 Å². The van der Waals surface area contributed by atoms with Crippen LogP contribution in [-0.4, -0.2) is 42.4 Å². The first-order valence-corrected chi connectivity index (χ1v) is 11.6. The molecule has 1 saturated heterocycles. The van der Waals surface area contributed by atoms with Crippen LogP contribution in [0.1, 0.15) is 30.4 Å². The molecular weight excluding hydrogens is 388 g/mol. The summed E-state index contributed by atoms with van der Waals surface area (Å²) in [7, 11) is -3.65. The van der Waals surface area contributed by atoms with Gasteiger partial charge >= 0.3 is 0 Å². The van der Waals surface area contributed by atoms with Crippen molar-refractivity contribution in [1.29, 1.82) is 0 Å². The molecule has 6 nitrogen and oxygen atoms in total. The Morgan fingerprint density at radius 1 is 0.966 bits per heavy atom. The van der Waals surface area contributed by atoms with Crippen LogP contribution < -0.4 is 0 Å². The Hall–Kier alpha value is -2.09. The van der Waals surface area contributed by atoms with Gasteiger partial charge in [-0.25, -0.2) is 12.7 Å². The van der Waals surface area contributed by atoms with Gasteiger partial charge in [0.15, 0.2) is 6.23 Å². The van der Waals surface area contributed by atoms with Crippen molar-refractivity contribution in [2.24, 2.45) is 11.1 Å². The van der Waals surface area contributed by atoms with E-state index in [0.29, 0.717) is 19.0 Å². The van der Waals surface area contributed by atoms with E-state index in [0.717, 1.165) is 24.8 Å². The molecule has 1 aliphatic heterocycles. The number of rotatable bonds is 9. The van der Waals surface area contributed by atoms with Gasteiger partial charge in [0.25, 0.3) is 0 Å². The zero-order valence-corrected chi connectivity index (χ0v) is 17.2. The van der Waals surface area contributed by atoms with Gasteiger partial charge in [0.2, 0.25) is 10.0 Å². The Kier molecular flexibility index (Phi) is 7.52. The third-order valence-corrected chi connectivity index (χ3v) is 7.91. The average Bonchev–Trinajstić information content (AvgIpc) is 2.75. The van der Waals surface area contributed by atoms with Crippen LogP contribution in [0.3, 0.4) is 0 Å². The summed E-state index contributed by atoms with van der Waals surface area (Å²) < 4.78 is 28.1. The van der Waals surface area contributed by atoms with Crippen molar-refractivity contribution < 1.29 is 13.5 Å². The maximum Gasteiger partial charge on any atom is 0.217 e. The maximum absolute atomic E-state index is 13.3. The Morgan fingerprint density at radius 3 is 2.07 bits per heavy atom. The van der Waals surface area contributed by atoms with Crippen LogP contribution in [0.4, 0.5) is 0 Å². The van der Waals surface area contributed by atoms with Gasteiger partial charge in [0.05, 0.1) is 5.25 Å². The molecule has 0 aromatic heterocycles. The summed E-state index contributed by atoms with van der Waals surface area (Å²) in [6.07, 6.45) is 1.11. The van der Waals surface area contributed by atoms with Crippen LogP contribution in [0.15, 0.2) is 65.8 Å². The Morgan fingerprint density at radius 2 is 1.52 bits per heavy atom. The third-order valence-electron chi connectivity index (χ3n) is 5.62. The first kappa shape index (κ1) is 21.6.